The molecule has 8 nitrogen and oxygen atoms in total. The predicted molar refractivity (Wildman–Crippen MR) is 174 cm³/mol. The molecule has 1 amide bonds. The van der Waals surface area contributed by atoms with Crippen molar-refractivity contribution in [1.29, 1.82) is 0 Å². The number of anilines is 1. The van der Waals surface area contributed by atoms with Crippen molar-refractivity contribution in [3.8, 4) is 11.5 Å². The average Bonchev–Trinajstić information content (AvgIpc) is 3.00. The number of benzene rings is 4. The van der Waals surface area contributed by atoms with Gasteiger partial charge in [-0.15, -0.1) is 0 Å². The predicted octanol–water partition coefficient (Wildman–Crippen LogP) is 7.14. The molecule has 0 aromatic heterocycles. The maximum absolute atomic E-state index is 14.0. The number of hydrogen-bond acceptors (Lipinski definition) is 6. The van der Waals surface area contributed by atoms with Crippen LogP contribution < -0.4 is 19.2 Å². The van der Waals surface area contributed by atoms with Crippen molar-refractivity contribution in [2.75, 3.05) is 18.0 Å². The Bertz CT molecular complexity index is 1740. The Morgan fingerprint density at radius 1 is 1.07 bits per heavy atom. The molecule has 0 unspecified atom stereocenters. The third-order valence-corrected chi connectivity index (χ3v) is 8.86. The molecule has 0 atom stereocenters. The lowest BCUT2D eigenvalue weighted by Gasteiger charge is -2.26. The summed E-state index contributed by atoms with van der Waals surface area (Å²) < 4.78 is 40.9. The summed E-state index contributed by atoms with van der Waals surface area (Å²) >= 11 is 9.53. The summed E-state index contributed by atoms with van der Waals surface area (Å²) in [5, 5.41) is 4.64. The van der Waals surface area contributed by atoms with Crippen molar-refractivity contribution >= 4 is 55.4 Å². The van der Waals surface area contributed by atoms with Gasteiger partial charge in [0.2, 0.25) is 0 Å². The molecule has 0 radical (unpaired) electrons. The number of ether oxygens (including phenoxy) is 2. The molecule has 4 aromatic carbocycles. The zero-order valence-corrected chi connectivity index (χ0v) is 26.6. The Morgan fingerprint density at radius 3 is 2.44 bits per heavy atom. The van der Waals surface area contributed by atoms with Crippen LogP contribution >= 0.6 is 27.5 Å². The minimum absolute atomic E-state index is 0.0327. The number of hydrazone groups is 1. The first-order valence-corrected chi connectivity index (χ1v) is 15.6. The fraction of sp³-hybridized carbons (Fsp3) is 0.125. The highest BCUT2D eigenvalue weighted by Crippen LogP contribution is 2.36. The van der Waals surface area contributed by atoms with Crippen LogP contribution in [0.1, 0.15) is 27.0 Å². The van der Waals surface area contributed by atoms with E-state index in [1.54, 1.807) is 91.0 Å². The molecule has 0 aliphatic carbocycles. The zero-order chi connectivity index (χ0) is 31.0. The number of amides is 1. The molecule has 4 rings (SSSR count). The Balaban J connectivity index is 1.66. The second-order valence-electron chi connectivity index (χ2n) is 9.30. The minimum atomic E-state index is -4.08. The first-order chi connectivity index (χ1) is 20.6. The Labute approximate surface area is 264 Å². The van der Waals surface area contributed by atoms with E-state index in [0.29, 0.717) is 38.7 Å². The Kier molecular flexibility index (Phi) is 10.6. The number of carbonyl (C=O) groups excluding carboxylic acids is 1. The van der Waals surface area contributed by atoms with Gasteiger partial charge in [-0.2, -0.15) is 5.10 Å². The highest BCUT2D eigenvalue weighted by Gasteiger charge is 2.28. The van der Waals surface area contributed by atoms with Crippen molar-refractivity contribution < 1.29 is 22.7 Å². The Hall–Kier alpha value is -4.12. The van der Waals surface area contributed by atoms with Crippen LogP contribution in [0.2, 0.25) is 5.02 Å². The number of nitrogens with one attached hydrogen (secondary N) is 1. The van der Waals surface area contributed by atoms with Crippen LogP contribution in [-0.4, -0.2) is 34.3 Å². The van der Waals surface area contributed by atoms with E-state index in [1.165, 1.54) is 17.6 Å². The molecular formula is C32H29BrClN3O5S. The number of carbonyl (C=O) groups is 1. The van der Waals surface area contributed by atoms with Crippen LogP contribution in [0, 0.1) is 6.92 Å². The van der Waals surface area contributed by atoms with Gasteiger partial charge < -0.3 is 9.47 Å². The summed E-state index contributed by atoms with van der Waals surface area (Å²) in [6.07, 6.45) is 3.07. The first kappa shape index (κ1) is 31.8. The zero-order valence-electron chi connectivity index (χ0n) is 23.5. The number of rotatable bonds is 12. The molecule has 0 aliphatic heterocycles. The second kappa shape index (κ2) is 14.4. The van der Waals surface area contributed by atoms with E-state index in [9.17, 15) is 13.2 Å². The summed E-state index contributed by atoms with van der Waals surface area (Å²) in [7, 11) is -2.56. The number of para-hydroxylation sites is 1. The van der Waals surface area contributed by atoms with Crippen molar-refractivity contribution in [3.63, 3.8) is 0 Å². The normalized spacial score (nSPS) is 11.3. The van der Waals surface area contributed by atoms with Gasteiger partial charge in [-0.25, -0.2) is 13.8 Å². The molecule has 11 heteroatoms. The molecule has 0 fully saturated rings. The molecule has 4 aromatic rings. The monoisotopic (exact) mass is 681 g/mol. The number of hydrogen-bond donors (Lipinski definition) is 1. The van der Waals surface area contributed by atoms with Gasteiger partial charge in [0.05, 0.1) is 40.5 Å². The molecular weight excluding hydrogens is 654 g/mol. The number of aryl methyl sites for hydroxylation is 1. The lowest BCUT2D eigenvalue weighted by atomic mass is 10.1. The second-order valence-corrected chi connectivity index (χ2v) is 12.5. The summed E-state index contributed by atoms with van der Waals surface area (Å²) in [5.41, 5.74) is 5.05. The maximum Gasteiger partial charge on any atom is 0.273 e. The molecule has 0 bridgehead atoms. The molecule has 0 spiro atoms. The highest BCUT2D eigenvalue weighted by atomic mass is 79.9. The van der Waals surface area contributed by atoms with Gasteiger partial charge in [0.15, 0.2) is 11.5 Å². The third kappa shape index (κ3) is 7.84. The summed E-state index contributed by atoms with van der Waals surface area (Å²) in [5.74, 6) is 0.380. The first-order valence-electron chi connectivity index (χ1n) is 13.0. The van der Waals surface area contributed by atoms with Gasteiger partial charge in [-0.3, -0.25) is 9.10 Å². The molecule has 222 valence electrons. The van der Waals surface area contributed by atoms with E-state index in [0.717, 1.165) is 5.56 Å². The minimum Gasteiger partial charge on any atom is -0.493 e. The molecule has 0 saturated carbocycles. The number of nitrogens with zero attached hydrogens (tertiary/aromatic N) is 2. The van der Waals surface area contributed by atoms with Gasteiger partial charge in [0.1, 0.15) is 6.61 Å². The van der Waals surface area contributed by atoms with Crippen LogP contribution in [0.5, 0.6) is 11.5 Å². The Morgan fingerprint density at radius 2 is 1.77 bits per heavy atom. The van der Waals surface area contributed by atoms with Gasteiger partial charge in [-0.1, -0.05) is 66.2 Å². The summed E-state index contributed by atoms with van der Waals surface area (Å²) in [4.78, 5) is 13.5. The van der Waals surface area contributed by atoms with Gasteiger partial charge in [0.25, 0.3) is 15.9 Å². The van der Waals surface area contributed by atoms with Crippen LogP contribution in [0.15, 0.2) is 112 Å². The van der Waals surface area contributed by atoms with Gasteiger partial charge in [0, 0.05) is 5.02 Å². The van der Waals surface area contributed by atoms with Crippen molar-refractivity contribution in [2.45, 2.75) is 18.4 Å². The lowest BCUT2D eigenvalue weighted by molar-refractivity contribution is 0.0955. The highest BCUT2D eigenvalue weighted by molar-refractivity contribution is 9.10. The van der Waals surface area contributed by atoms with Crippen LogP contribution in [0.4, 0.5) is 5.69 Å². The van der Waals surface area contributed by atoms with Crippen LogP contribution in [0.25, 0.3) is 0 Å². The van der Waals surface area contributed by atoms with E-state index in [4.69, 9.17) is 21.1 Å². The van der Waals surface area contributed by atoms with E-state index in [-0.39, 0.29) is 22.7 Å². The molecule has 0 aliphatic rings. The van der Waals surface area contributed by atoms with E-state index >= 15 is 0 Å². The number of methoxy groups -OCH3 is 1. The SMILES string of the molecule is C=CCOc1c(Br)cc(C=NNC(=O)c2ccccc2N(Cc2ccc(Cl)cc2)S(=O)(=O)c2ccc(C)cc2)cc1OC. The molecule has 0 heterocycles. The fourth-order valence-electron chi connectivity index (χ4n) is 4.10. The fourth-order valence-corrected chi connectivity index (χ4v) is 6.27. The van der Waals surface area contributed by atoms with E-state index in [2.05, 4.69) is 33.0 Å². The quantitative estimate of drug-likeness (QED) is 0.0974. The van der Waals surface area contributed by atoms with Crippen molar-refractivity contribution in [3.05, 3.63) is 129 Å². The van der Waals surface area contributed by atoms with Crippen molar-refractivity contribution in [1.82, 2.24) is 5.43 Å². The third-order valence-electron chi connectivity index (χ3n) is 6.24. The maximum atomic E-state index is 14.0. The smallest absolute Gasteiger partial charge is 0.273 e. The van der Waals surface area contributed by atoms with Gasteiger partial charge in [-0.05, 0) is 82.5 Å². The van der Waals surface area contributed by atoms with Crippen LogP contribution in [-0.2, 0) is 16.6 Å². The average molecular weight is 683 g/mol. The molecule has 43 heavy (non-hydrogen) atoms. The van der Waals surface area contributed by atoms with Crippen molar-refractivity contribution in [2.24, 2.45) is 5.10 Å². The topological polar surface area (TPSA) is 97.3 Å². The van der Waals surface area contributed by atoms with E-state index < -0.39 is 15.9 Å². The summed E-state index contributed by atoms with van der Waals surface area (Å²) in [6, 6.07) is 23.3. The largest absolute Gasteiger partial charge is 0.493 e. The van der Waals surface area contributed by atoms with Gasteiger partial charge >= 0.3 is 0 Å². The standard InChI is InChI=1S/C32H29BrClN3O5S/c1-4-17-42-31-28(33)18-24(19-30(31)41-3)20-35-36-32(38)27-7-5-6-8-29(27)37(21-23-11-13-25(34)14-12-23)43(39,40)26-15-9-22(2)10-16-26/h4-16,18-20H,1,17,21H2,2-3H3,(H,36,38). The number of halogens is 2. The number of sulfonamides is 1. The van der Waals surface area contributed by atoms with E-state index in [1.807, 2.05) is 6.92 Å². The lowest BCUT2D eigenvalue weighted by Crippen LogP contribution is -2.33. The molecule has 1 N–H and O–H groups in total. The van der Waals surface area contributed by atoms with Crippen LogP contribution in [0.3, 0.4) is 0 Å². The molecule has 0 saturated heterocycles. The summed E-state index contributed by atoms with van der Waals surface area (Å²) in [6.45, 7) is 5.79.